The molecule has 124 valence electrons. The van der Waals surface area contributed by atoms with Crippen molar-refractivity contribution < 1.29 is 9.47 Å². The van der Waals surface area contributed by atoms with Gasteiger partial charge in [-0.1, -0.05) is 30.3 Å². The zero-order valence-corrected chi connectivity index (χ0v) is 13.8. The van der Waals surface area contributed by atoms with Crippen LogP contribution < -0.4 is 10.6 Å². The summed E-state index contributed by atoms with van der Waals surface area (Å²) in [7, 11) is 1.67. The van der Waals surface area contributed by atoms with E-state index < -0.39 is 0 Å². The molecule has 1 aromatic rings. The maximum atomic E-state index is 5.42. The van der Waals surface area contributed by atoms with Gasteiger partial charge >= 0.3 is 0 Å². The lowest BCUT2D eigenvalue weighted by molar-refractivity contribution is 0.0733. The molecule has 0 saturated carbocycles. The third-order valence-electron chi connectivity index (χ3n) is 3.05. The predicted molar refractivity (Wildman–Crippen MR) is 91.4 cm³/mol. The summed E-state index contributed by atoms with van der Waals surface area (Å²) in [5.74, 6) is 0.853. The van der Waals surface area contributed by atoms with Gasteiger partial charge in [-0.2, -0.15) is 0 Å². The van der Waals surface area contributed by atoms with Crippen LogP contribution in [0, 0.1) is 0 Å². The van der Waals surface area contributed by atoms with E-state index in [1.54, 1.807) is 7.11 Å². The molecular formula is C17H29N3O2. The molecule has 0 unspecified atom stereocenters. The van der Waals surface area contributed by atoms with Crippen LogP contribution in [-0.2, 0) is 15.9 Å². The minimum absolute atomic E-state index is 0.628. The van der Waals surface area contributed by atoms with Gasteiger partial charge in [0.15, 0.2) is 5.96 Å². The van der Waals surface area contributed by atoms with Gasteiger partial charge in [-0.05, 0) is 25.3 Å². The first-order valence-corrected chi connectivity index (χ1v) is 7.99. The number of nitrogens with zero attached hydrogens (tertiary/aromatic N) is 1. The van der Waals surface area contributed by atoms with E-state index in [1.165, 1.54) is 5.56 Å². The zero-order chi connectivity index (χ0) is 15.9. The quantitative estimate of drug-likeness (QED) is 0.372. The smallest absolute Gasteiger partial charge is 0.191 e. The molecule has 0 aliphatic carbocycles. The van der Waals surface area contributed by atoms with Crippen molar-refractivity contribution in [2.24, 2.45) is 4.99 Å². The summed E-state index contributed by atoms with van der Waals surface area (Å²) in [6, 6.07) is 10.5. The van der Waals surface area contributed by atoms with Crippen LogP contribution in [0.4, 0.5) is 0 Å². The number of aliphatic imine (C=N–C) groups is 1. The lowest BCUT2D eigenvalue weighted by atomic mass is 10.1. The number of nitrogens with one attached hydrogen (secondary N) is 2. The number of aryl methyl sites for hydroxylation is 1. The van der Waals surface area contributed by atoms with Crippen molar-refractivity contribution in [3.63, 3.8) is 0 Å². The highest BCUT2D eigenvalue weighted by Gasteiger charge is 1.97. The maximum Gasteiger partial charge on any atom is 0.191 e. The lowest BCUT2D eigenvalue weighted by Crippen LogP contribution is -2.39. The molecule has 22 heavy (non-hydrogen) atoms. The van der Waals surface area contributed by atoms with E-state index >= 15 is 0 Å². The van der Waals surface area contributed by atoms with E-state index in [-0.39, 0.29) is 0 Å². The minimum atomic E-state index is 0.628. The fraction of sp³-hybridized carbons (Fsp3) is 0.588. The van der Waals surface area contributed by atoms with Crippen LogP contribution in [0.3, 0.4) is 0 Å². The molecular weight excluding hydrogens is 278 g/mol. The second-order valence-electron chi connectivity index (χ2n) is 4.88. The largest absolute Gasteiger partial charge is 0.382 e. The van der Waals surface area contributed by atoms with Crippen molar-refractivity contribution in [1.82, 2.24) is 10.6 Å². The molecule has 0 atom stereocenters. The molecule has 0 amide bonds. The fourth-order valence-electron chi connectivity index (χ4n) is 1.95. The molecule has 0 aliphatic rings. The van der Waals surface area contributed by atoms with Crippen LogP contribution in [-0.4, -0.2) is 52.5 Å². The summed E-state index contributed by atoms with van der Waals surface area (Å²) in [4.78, 5) is 4.58. The number of benzene rings is 1. The van der Waals surface area contributed by atoms with Crippen molar-refractivity contribution in [2.45, 2.75) is 19.8 Å². The zero-order valence-electron chi connectivity index (χ0n) is 13.8. The van der Waals surface area contributed by atoms with Crippen molar-refractivity contribution in [1.29, 1.82) is 0 Å². The summed E-state index contributed by atoms with van der Waals surface area (Å²) < 4.78 is 10.3. The van der Waals surface area contributed by atoms with E-state index in [0.717, 1.165) is 38.4 Å². The first kappa shape index (κ1) is 18.5. The molecule has 0 bridgehead atoms. The summed E-state index contributed by atoms with van der Waals surface area (Å²) in [6.07, 6.45) is 2.11. The lowest BCUT2D eigenvalue weighted by Gasteiger charge is -2.11. The van der Waals surface area contributed by atoms with Gasteiger partial charge in [0, 0.05) is 26.7 Å². The first-order chi connectivity index (χ1) is 10.9. The summed E-state index contributed by atoms with van der Waals surface area (Å²) in [6.45, 7) is 6.39. The van der Waals surface area contributed by atoms with Crippen LogP contribution in [0.1, 0.15) is 18.9 Å². The van der Waals surface area contributed by atoms with Gasteiger partial charge in [0.05, 0.1) is 19.8 Å². The van der Waals surface area contributed by atoms with Gasteiger partial charge in [-0.3, -0.25) is 4.99 Å². The van der Waals surface area contributed by atoms with Gasteiger partial charge < -0.3 is 20.1 Å². The van der Waals surface area contributed by atoms with Crippen LogP contribution >= 0.6 is 0 Å². The van der Waals surface area contributed by atoms with E-state index in [0.29, 0.717) is 19.8 Å². The van der Waals surface area contributed by atoms with Gasteiger partial charge in [0.25, 0.3) is 0 Å². The Bertz CT molecular complexity index is 396. The van der Waals surface area contributed by atoms with Crippen molar-refractivity contribution in [2.75, 3.05) is 46.6 Å². The van der Waals surface area contributed by atoms with Crippen LogP contribution in [0.5, 0.6) is 0 Å². The van der Waals surface area contributed by atoms with E-state index in [9.17, 15) is 0 Å². The van der Waals surface area contributed by atoms with Crippen LogP contribution in [0.25, 0.3) is 0 Å². The standard InChI is InChI=1S/C17H29N3O2/c1-3-18-17(20-12-13-22-15-14-21-2)19-11-7-10-16-8-5-4-6-9-16/h4-6,8-9H,3,7,10-15H2,1-2H3,(H2,18,19,20). The van der Waals surface area contributed by atoms with Crippen LogP contribution in [0.15, 0.2) is 35.3 Å². The van der Waals surface area contributed by atoms with Crippen LogP contribution in [0.2, 0.25) is 0 Å². The predicted octanol–water partition coefficient (Wildman–Crippen LogP) is 1.84. The normalized spacial score (nSPS) is 11.5. The third kappa shape index (κ3) is 9.37. The molecule has 1 rings (SSSR count). The second kappa shape index (κ2) is 13.1. The van der Waals surface area contributed by atoms with E-state index in [1.807, 2.05) is 6.07 Å². The Balaban J connectivity index is 2.17. The molecule has 0 aromatic heterocycles. The summed E-state index contributed by atoms with van der Waals surface area (Å²) >= 11 is 0. The molecule has 0 saturated heterocycles. The van der Waals surface area contributed by atoms with E-state index in [2.05, 4.69) is 46.8 Å². The molecule has 0 radical (unpaired) electrons. The Hall–Kier alpha value is -1.59. The molecule has 0 spiro atoms. The Morgan fingerprint density at radius 3 is 2.64 bits per heavy atom. The Kier molecular flexibility index (Phi) is 11.0. The highest BCUT2D eigenvalue weighted by atomic mass is 16.5. The molecule has 0 fully saturated rings. The number of rotatable bonds is 11. The molecule has 1 aromatic carbocycles. The Labute approximate surface area is 134 Å². The molecule has 0 aliphatic heterocycles. The molecule has 5 heteroatoms. The number of ether oxygens (including phenoxy) is 2. The first-order valence-electron chi connectivity index (χ1n) is 7.99. The Morgan fingerprint density at radius 2 is 1.91 bits per heavy atom. The van der Waals surface area contributed by atoms with Crippen molar-refractivity contribution in [3.8, 4) is 0 Å². The summed E-state index contributed by atoms with van der Waals surface area (Å²) in [5, 5.41) is 6.51. The SMILES string of the molecule is CCNC(=NCCCc1ccccc1)NCCOCCOC. The molecule has 5 nitrogen and oxygen atoms in total. The number of hydrogen-bond donors (Lipinski definition) is 2. The summed E-state index contributed by atoms with van der Waals surface area (Å²) in [5.41, 5.74) is 1.36. The van der Waals surface area contributed by atoms with Crippen molar-refractivity contribution in [3.05, 3.63) is 35.9 Å². The monoisotopic (exact) mass is 307 g/mol. The second-order valence-corrected chi connectivity index (χ2v) is 4.88. The molecule has 2 N–H and O–H groups in total. The van der Waals surface area contributed by atoms with E-state index in [4.69, 9.17) is 9.47 Å². The fourth-order valence-corrected chi connectivity index (χ4v) is 1.95. The highest BCUT2D eigenvalue weighted by Crippen LogP contribution is 2.02. The number of hydrogen-bond acceptors (Lipinski definition) is 3. The highest BCUT2D eigenvalue weighted by molar-refractivity contribution is 5.79. The van der Waals surface area contributed by atoms with Gasteiger partial charge in [-0.25, -0.2) is 0 Å². The average Bonchev–Trinajstić information content (AvgIpc) is 2.55. The number of methoxy groups -OCH3 is 1. The van der Waals surface area contributed by atoms with Gasteiger partial charge in [0.1, 0.15) is 0 Å². The minimum Gasteiger partial charge on any atom is -0.382 e. The Morgan fingerprint density at radius 1 is 1.09 bits per heavy atom. The molecule has 0 heterocycles. The van der Waals surface area contributed by atoms with Gasteiger partial charge in [-0.15, -0.1) is 0 Å². The van der Waals surface area contributed by atoms with Crippen molar-refractivity contribution >= 4 is 5.96 Å². The third-order valence-corrected chi connectivity index (χ3v) is 3.05. The number of guanidine groups is 1. The maximum absolute atomic E-state index is 5.42. The average molecular weight is 307 g/mol. The van der Waals surface area contributed by atoms with Gasteiger partial charge in [0.2, 0.25) is 0 Å². The topological polar surface area (TPSA) is 54.9 Å².